The van der Waals surface area contributed by atoms with Crippen LogP contribution in [0.2, 0.25) is 0 Å². The molecule has 3 rings (SSSR count). The summed E-state index contributed by atoms with van der Waals surface area (Å²) in [6, 6.07) is 10.6. The molecule has 26 heavy (non-hydrogen) atoms. The van der Waals surface area contributed by atoms with Gasteiger partial charge < -0.3 is 14.6 Å². The summed E-state index contributed by atoms with van der Waals surface area (Å²) in [6.07, 6.45) is 7.21. The highest BCUT2D eigenvalue weighted by Crippen LogP contribution is 2.32. The number of methoxy groups -OCH3 is 1. The number of ether oxygens (including phenoxy) is 1. The number of benzene rings is 1. The average molecular weight is 354 g/mol. The van der Waals surface area contributed by atoms with Gasteiger partial charge in [-0.3, -0.25) is 4.79 Å². The van der Waals surface area contributed by atoms with Crippen molar-refractivity contribution in [3.8, 4) is 5.75 Å². The molecular formula is C22H30N2O2. The molecule has 0 atom stereocenters. The Labute approximate surface area is 156 Å². The van der Waals surface area contributed by atoms with Crippen LogP contribution in [0.15, 0.2) is 30.3 Å². The highest BCUT2D eigenvalue weighted by atomic mass is 16.5. The second-order valence-corrected chi connectivity index (χ2v) is 7.30. The predicted octanol–water partition coefficient (Wildman–Crippen LogP) is 4.59. The molecule has 0 aliphatic heterocycles. The molecule has 4 nitrogen and oxygen atoms in total. The molecule has 1 heterocycles. The Balaban J connectivity index is 1.60. The molecule has 1 aromatic carbocycles. The molecule has 1 aromatic heterocycles. The van der Waals surface area contributed by atoms with E-state index in [1.54, 1.807) is 7.11 Å². The maximum atomic E-state index is 12.7. The molecule has 0 unspecified atom stereocenters. The van der Waals surface area contributed by atoms with Crippen LogP contribution < -0.4 is 10.1 Å². The second-order valence-electron chi connectivity index (χ2n) is 7.30. The Morgan fingerprint density at radius 2 is 1.85 bits per heavy atom. The summed E-state index contributed by atoms with van der Waals surface area (Å²) in [6.45, 7) is 4.84. The molecule has 0 bridgehead atoms. The lowest BCUT2D eigenvalue weighted by molar-refractivity contribution is 0.0953. The van der Waals surface area contributed by atoms with E-state index in [2.05, 4.69) is 23.7 Å². The smallest absolute Gasteiger partial charge is 0.253 e. The van der Waals surface area contributed by atoms with Gasteiger partial charge in [0.15, 0.2) is 0 Å². The van der Waals surface area contributed by atoms with Gasteiger partial charge >= 0.3 is 0 Å². The van der Waals surface area contributed by atoms with Gasteiger partial charge in [-0.1, -0.05) is 31.4 Å². The molecule has 1 aliphatic carbocycles. The predicted molar refractivity (Wildman–Crippen MR) is 105 cm³/mol. The van der Waals surface area contributed by atoms with E-state index in [1.807, 2.05) is 30.3 Å². The zero-order valence-electron chi connectivity index (χ0n) is 16.2. The Kier molecular flexibility index (Phi) is 6.02. The van der Waals surface area contributed by atoms with Gasteiger partial charge in [0.2, 0.25) is 0 Å². The van der Waals surface area contributed by atoms with Crippen molar-refractivity contribution in [3.63, 3.8) is 0 Å². The van der Waals surface area contributed by atoms with Crippen LogP contribution in [0.1, 0.15) is 65.5 Å². The minimum atomic E-state index is 0.0358. The minimum absolute atomic E-state index is 0.0358. The number of carbonyl (C=O) groups is 1. The van der Waals surface area contributed by atoms with E-state index in [1.165, 1.54) is 43.4 Å². The van der Waals surface area contributed by atoms with Crippen LogP contribution in [0.3, 0.4) is 0 Å². The topological polar surface area (TPSA) is 43.3 Å². The first-order valence-corrected chi connectivity index (χ1v) is 9.69. The molecule has 1 fully saturated rings. The van der Waals surface area contributed by atoms with Gasteiger partial charge in [0.25, 0.3) is 5.91 Å². The minimum Gasteiger partial charge on any atom is -0.497 e. The maximum Gasteiger partial charge on any atom is 0.253 e. The standard InChI is InChI=1S/C22H30N2O2/c1-16-15-21(17(2)24(16)19-7-5-4-6-8-19)22(25)23-14-13-18-9-11-20(26-3)12-10-18/h9-12,15,19H,4-8,13-14H2,1-3H3,(H,23,25). The Hall–Kier alpha value is -2.23. The molecule has 0 radical (unpaired) electrons. The van der Waals surface area contributed by atoms with E-state index in [0.717, 1.165) is 23.4 Å². The van der Waals surface area contributed by atoms with Crippen LogP contribution in [0.4, 0.5) is 0 Å². The molecule has 1 amide bonds. The van der Waals surface area contributed by atoms with Crippen LogP contribution in [0.5, 0.6) is 5.75 Å². The first-order chi connectivity index (χ1) is 12.6. The van der Waals surface area contributed by atoms with Crippen molar-refractivity contribution in [3.05, 3.63) is 52.8 Å². The van der Waals surface area contributed by atoms with Crippen LogP contribution >= 0.6 is 0 Å². The van der Waals surface area contributed by atoms with E-state index >= 15 is 0 Å². The fourth-order valence-electron chi connectivity index (χ4n) is 4.12. The number of hydrogen-bond donors (Lipinski definition) is 1. The van der Waals surface area contributed by atoms with Gasteiger partial charge in [-0.2, -0.15) is 0 Å². The Morgan fingerprint density at radius 3 is 2.50 bits per heavy atom. The fraction of sp³-hybridized carbons (Fsp3) is 0.500. The van der Waals surface area contributed by atoms with Crippen molar-refractivity contribution in [1.82, 2.24) is 9.88 Å². The summed E-state index contributed by atoms with van der Waals surface area (Å²) in [5, 5.41) is 3.08. The third kappa shape index (κ3) is 4.12. The second kappa shape index (κ2) is 8.43. The number of nitrogens with one attached hydrogen (secondary N) is 1. The average Bonchev–Trinajstić information content (AvgIpc) is 2.97. The molecule has 4 heteroatoms. The molecule has 0 saturated heterocycles. The summed E-state index contributed by atoms with van der Waals surface area (Å²) in [4.78, 5) is 12.7. The highest BCUT2D eigenvalue weighted by molar-refractivity contribution is 5.95. The Morgan fingerprint density at radius 1 is 1.15 bits per heavy atom. The fourth-order valence-corrected chi connectivity index (χ4v) is 4.12. The monoisotopic (exact) mass is 354 g/mol. The molecule has 1 N–H and O–H groups in total. The third-order valence-corrected chi connectivity index (χ3v) is 5.53. The van der Waals surface area contributed by atoms with Crippen molar-refractivity contribution < 1.29 is 9.53 Å². The molecule has 140 valence electrons. The van der Waals surface area contributed by atoms with Crippen LogP contribution in [0.25, 0.3) is 0 Å². The lowest BCUT2D eigenvalue weighted by Crippen LogP contribution is -2.26. The number of rotatable bonds is 6. The number of nitrogens with zero attached hydrogens (tertiary/aromatic N) is 1. The van der Waals surface area contributed by atoms with Crippen molar-refractivity contribution in [2.24, 2.45) is 0 Å². The normalized spacial score (nSPS) is 15.0. The van der Waals surface area contributed by atoms with Gasteiger partial charge in [0.1, 0.15) is 5.75 Å². The van der Waals surface area contributed by atoms with E-state index < -0.39 is 0 Å². The number of aromatic nitrogens is 1. The first kappa shape index (κ1) is 18.6. The molecular weight excluding hydrogens is 324 g/mol. The van der Waals surface area contributed by atoms with Crippen LogP contribution in [-0.4, -0.2) is 24.1 Å². The molecule has 1 saturated carbocycles. The number of amides is 1. The van der Waals surface area contributed by atoms with E-state index in [4.69, 9.17) is 4.74 Å². The van der Waals surface area contributed by atoms with Gasteiger partial charge in [-0.25, -0.2) is 0 Å². The zero-order valence-corrected chi connectivity index (χ0v) is 16.2. The summed E-state index contributed by atoms with van der Waals surface area (Å²) in [5.74, 6) is 0.890. The van der Waals surface area contributed by atoms with Gasteiger partial charge in [-0.05, 0) is 56.9 Å². The lowest BCUT2D eigenvalue weighted by atomic mass is 9.95. The summed E-state index contributed by atoms with van der Waals surface area (Å²) >= 11 is 0. The number of hydrogen-bond acceptors (Lipinski definition) is 2. The van der Waals surface area contributed by atoms with Crippen molar-refractivity contribution in [2.45, 2.75) is 58.4 Å². The van der Waals surface area contributed by atoms with Crippen molar-refractivity contribution in [1.29, 1.82) is 0 Å². The zero-order chi connectivity index (χ0) is 18.5. The van der Waals surface area contributed by atoms with Crippen molar-refractivity contribution in [2.75, 3.05) is 13.7 Å². The summed E-state index contributed by atoms with van der Waals surface area (Å²) < 4.78 is 7.56. The molecule has 0 spiro atoms. The third-order valence-electron chi connectivity index (χ3n) is 5.53. The van der Waals surface area contributed by atoms with Crippen LogP contribution in [-0.2, 0) is 6.42 Å². The summed E-state index contributed by atoms with van der Waals surface area (Å²) in [7, 11) is 1.67. The molecule has 2 aromatic rings. The number of carbonyl (C=O) groups excluding carboxylic acids is 1. The largest absolute Gasteiger partial charge is 0.497 e. The lowest BCUT2D eigenvalue weighted by Gasteiger charge is -2.26. The van der Waals surface area contributed by atoms with E-state index in [0.29, 0.717) is 12.6 Å². The van der Waals surface area contributed by atoms with Crippen molar-refractivity contribution >= 4 is 5.91 Å². The summed E-state index contributed by atoms with van der Waals surface area (Å²) in [5.41, 5.74) is 4.33. The van der Waals surface area contributed by atoms with Gasteiger partial charge in [0.05, 0.1) is 12.7 Å². The molecule has 1 aliphatic rings. The van der Waals surface area contributed by atoms with Gasteiger partial charge in [-0.15, -0.1) is 0 Å². The number of aryl methyl sites for hydroxylation is 1. The Bertz CT molecular complexity index is 740. The maximum absolute atomic E-state index is 12.7. The first-order valence-electron chi connectivity index (χ1n) is 9.69. The SMILES string of the molecule is COc1ccc(CCNC(=O)c2cc(C)n(C3CCCCC3)c2C)cc1. The highest BCUT2D eigenvalue weighted by Gasteiger charge is 2.22. The van der Waals surface area contributed by atoms with E-state index in [-0.39, 0.29) is 5.91 Å². The van der Waals surface area contributed by atoms with E-state index in [9.17, 15) is 4.79 Å². The van der Waals surface area contributed by atoms with Gasteiger partial charge in [0, 0.05) is 24.0 Å². The van der Waals surface area contributed by atoms with Crippen LogP contribution in [0, 0.1) is 13.8 Å². The quantitative estimate of drug-likeness (QED) is 0.824.